The molecule has 1 rings (SSSR count). The van der Waals surface area contributed by atoms with Crippen LogP contribution in [0.5, 0.6) is 5.75 Å². The molecule has 98 valence electrons. The predicted octanol–water partition coefficient (Wildman–Crippen LogP) is 1.55. The molecule has 0 aliphatic heterocycles. The maximum absolute atomic E-state index is 11.6. The van der Waals surface area contributed by atoms with Crippen molar-refractivity contribution in [3.8, 4) is 5.75 Å². The van der Waals surface area contributed by atoms with Crippen molar-refractivity contribution in [2.24, 2.45) is 0 Å². The first kappa shape index (κ1) is 14.0. The Kier molecular flexibility index (Phi) is 4.31. The van der Waals surface area contributed by atoms with Gasteiger partial charge < -0.3 is 15.4 Å². The van der Waals surface area contributed by atoms with E-state index in [2.05, 4.69) is 10.6 Å². The lowest BCUT2D eigenvalue weighted by Gasteiger charge is -2.19. The second-order valence-electron chi connectivity index (χ2n) is 4.89. The lowest BCUT2D eigenvalue weighted by Crippen LogP contribution is -2.46. The number of nitrogens with one attached hydrogen (secondary N) is 2. The molecule has 0 radical (unpaired) electrons. The average molecular weight is 250 g/mol. The highest BCUT2D eigenvalue weighted by Gasteiger charge is 2.20. The molecule has 0 unspecified atom stereocenters. The number of benzene rings is 1. The zero-order valence-electron chi connectivity index (χ0n) is 11.0. The molecule has 5 heteroatoms. The summed E-state index contributed by atoms with van der Waals surface area (Å²) in [5.74, 6) is -0.652. The molecule has 2 N–H and O–H groups in total. The topological polar surface area (TPSA) is 67.4 Å². The van der Waals surface area contributed by atoms with Crippen molar-refractivity contribution in [2.75, 3.05) is 12.4 Å². The molecule has 0 spiro atoms. The van der Waals surface area contributed by atoms with Gasteiger partial charge in [0, 0.05) is 11.2 Å². The molecule has 0 saturated carbocycles. The van der Waals surface area contributed by atoms with Crippen LogP contribution in [0.2, 0.25) is 0 Å². The Balaban J connectivity index is 2.61. The number of hydrogen-bond acceptors (Lipinski definition) is 3. The van der Waals surface area contributed by atoms with E-state index in [-0.39, 0.29) is 0 Å². The minimum absolute atomic E-state index is 0.436. The standard InChI is InChI=1S/C13H18N2O3/c1-13(2,3)15-12(17)11(16)14-9-5-7-10(18-4)8-6-9/h5-8H,1-4H3,(H,14,16)(H,15,17). The first-order chi connectivity index (χ1) is 8.31. The third-order valence-electron chi connectivity index (χ3n) is 2.04. The van der Waals surface area contributed by atoms with Crippen LogP contribution in [0, 0.1) is 0 Å². The normalized spacial score (nSPS) is 10.7. The maximum atomic E-state index is 11.6. The van der Waals surface area contributed by atoms with Crippen LogP contribution in [-0.2, 0) is 9.59 Å². The van der Waals surface area contributed by atoms with Gasteiger partial charge in [0.15, 0.2) is 0 Å². The van der Waals surface area contributed by atoms with Crippen LogP contribution in [0.4, 0.5) is 5.69 Å². The molecule has 1 aromatic carbocycles. The summed E-state index contributed by atoms with van der Waals surface area (Å²) in [6, 6.07) is 6.75. The SMILES string of the molecule is COc1ccc(NC(=O)C(=O)NC(C)(C)C)cc1. The second-order valence-corrected chi connectivity index (χ2v) is 4.89. The number of methoxy groups -OCH3 is 1. The fourth-order valence-electron chi connectivity index (χ4n) is 1.26. The largest absolute Gasteiger partial charge is 0.497 e. The molecule has 0 fully saturated rings. The highest BCUT2D eigenvalue weighted by Crippen LogP contribution is 2.14. The summed E-state index contributed by atoms with van der Waals surface area (Å²) >= 11 is 0. The summed E-state index contributed by atoms with van der Waals surface area (Å²) in [5.41, 5.74) is 0.110. The summed E-state index contributed by atoms with van der Waals surface area (Å²) in [5, 5.41) is 5.10. The van der Waals surface area contributed by atoms with Gasteiger partial charge in [0.25, 0.3) is 0 Å². The third kappa shape index (κ3) is 4.45. The molecule has 0 aliphatic rings. The molecule has 0 heterocycles. The maximum Gasteiger partial charge on any atom is 0.313 e. The van der Waals surface area contributed by atoms with Gasteiger partial charge in [-0.25, -0.2) is 0 Å². The van der Waals surface area contributed by atoms with Crippen LogP contribution in [0.1, 0.15) is 20.8 Å². The van der Waals surface area contributed by atoms with Crippen molar-refractivity contribution in [1.82, 2.24) is 5.32 Å². The zero-order valence-corrected chi connectivity index (χ0v) is 11.0. The Morgan fingerprint density at radius 3 is 2.06 bits per heavy atom. The second kappa shape index (κ2) is 5.53. The Morgan fingerprint density at radius 1 is 1.06 bits per heavy atom. The van der Waals surface area contributed by atoms with E-state index in [1.54, 1.807) is 31.4 Å². The molecule has 0 saturated heterocycles. The molecular weight excluding hydrogens is 232 g/mol. The molecule has 1 aromatic rings. The smallest absolute Gasteiger partial charge is 0.313 e. The van der Waals surface area contributed by atoms with E-state index in [9.17, 15) is 9.59 Å². The number of rotatable bonds is 2. The fraction of sp³-hybridized carbons (Fsp3) is 0.385. The van der Waals surface area contributed by atoms with Crippen LogP contribution >= 0.6 is 0 Å². The lowest BCUT2D eigenvalue weighted by atomic mass is 10.1. The molecule has 5 nitrogen and oxygen atoms in total. The fourth-order valence-corrected chi connectivity index (χ4v) is 1.26. The van der Waals surface area contributed by atoms with E-state index in [1.807, 2.05) is 20.8 Å². The number of hydrogen-bond donors (Lipinski definition) is 2. The molecule has 0 atom stereocenters. The lowest BCUT2D eigenvalue weighted by molar-refractivity contribution is -0.137. The minimum atomic E-state index is -0.685. The van der Waals surface area contributed by atoms with Gasteiger partial charge in [-0.05, 0) is 45.0 Å². The van der Waals surface area contributed by atoms with Crippen molar-refractivity contribution >= 4 is 17.5 Å². The van der Waals surface area contributed by atoms with E-state index in [0.717, 1.165) is 0 Å². The molecular formula is C13H18N2O3. The van der Waals surface area contributed by atoms with Crippen LogP contribution in [-0.4, -0.2) is 24.5 Å². The van der Waals surface area contributed by atoms with E-state index in [1.165, 1.54) is 0 Å². The molecule has 0 bridgehead atoms. The summed E-state index contributed by atoms with van der Waals surface area (Å²) in [6.07, 6.45) is 0. The van der Waals surface area contributed by atoms with E-state index < -0.39 is 17.4 Å². The Bertz CT molecular complexity index is 433. The summed E-state index contributed by atoms with van der Waals surface area (Å²) in [6.45, 7) is 5.43. The summed E-state index contributed by atoms with van der Waals surface area (Å²) < 4.78 is 5.00. The van der Waals surface area contributed by atoms with Gasteiger partial charge in [-0.15, -0.1) is 0 Å². The number of carbonyl (C=O) groups excluding carboxylic acids is 2. The minimum Gasteiger partial charge on any atom is -0.497 e. The van der Waals surface area contributed by atoms with E-state index in [4.69, 9.17) is 4.74 Å². The van der Waals surface area contributed by atoms with Gasteiger partial charge in [0.05, 0.1) is 7.11 Å². The summed E-state index contributed by atoms with van der Waals surface area (Å²) in [4.78, 5) is 23.1. The monoisotopic (exact) mass is 250 g/mol. The van der Waals surface area contributed by atoms with Crippen LogP contribution < -0.4 is 15.4 Å². The Morgan fingerprint density at radius 2 is 1.61 bits per heavy atom. The molecule has 0 aromatic heterocycles. The first-order valence-electron chi connectivity index (χ1n) is 5.59. The quantitative estimate of drug-likeness (QED) is 0.782. The van der Waals surface area contributed by atoms with E-state index in [0.29, 0.717) is 11.4 Å². The molecule has 2 amide bonds. The van der Waals surface area contributed by atoms with Crippen molar-refractivity contribution in [2.45, 2.75) is 26.3 Å². The van der Waals surface area contributed by atoms with Gasteiger partial charge in [-0.2, -0.15) is 0 Å². The van der Waals surface area contributed by atoms with Crippen molar-refractivity contribution in [3.05, 3.63) is 24.3 Å². The van der Waals surface area contributed by atoms with Gasteiger partial charge in [-0.3, -0.25) is 9.59 Å². The molecule has 0 aliphatic carbocycles. The van der Waals surface area contributed by atoms with Crippen molar-refractivity contribution in [3.63, 3.8) is 0 Å². The van der Waals surface area contributed by atoms with Gasteiger partial charge in [-0.1, -0.05) is 0 Å². The summed E-state index contributed by atoms with van der Waals surface area (Å²) in [7, 11) is 1.56. The Labute approximate surface area is 107 Å². The number of anilines is 1. The zero-order chi connectivity index (χ0) is 13.8. The van der Waals surface area contributed by atoms with Crippen LogP contribution in [0.15, 0.2) is 24.3 Å². The number of carbonyl (C=O) groups is 2. The predicted molar refractivity (Wildman–Crippen MR) is 69.5 cm³/mol. The van der Waals surface area contributed by atoms with Crippen molar-refractivity contribution < 1.29 is 14.3 Å². The van der Waals surface area contributed by atoms with Gasteiger partial charge in [0.1, 0.15) is 5.75 Å². The first-order valence-corrected chi connectivity index (χ1v) is 5.59. The Hall–Kier alpha value is -2.04. The van der Waals surface area contributed by atoms with Crippen LogP contribution in [0.25, 0.3) is 0 Å². The average Bonchev–Trinajstić information content (AvgIpc) is 2.27. The highest BCUT2D eigenvalue weighted by molar-refractivity contribution is 6.39. The molecule has 18 heavy (non-hydrogen) atoms. The highest BCUT2D eigenvalue weighted by atomic mass is 16.5. The number of amides is 2. The van der Waals surface area contributed by atoms with Gasteiger partial charge in [0.2, 0.25) is 0 Å². The van der Waals surface area contributed by atoms with E-state index >= 15 is 0 Å². The third-order valence-corrected chi connectivity index (χ3v) is 2.04. The van der Waals surface area contributed by atoms with Crippen LogP contribution in [0.3, 0.4) is 0 Å². The number of ether oxygens (including phenoxy) is 1. The van der Waals surface area contributed by atoms with Gasteiger partial charge >= 0.3 is 11.8 Å². The van der Waals surface area contributed by atoms with Crippen molar-refractivity contribution in [1.29, 1.82) is 0 Å².